The molecular weight excluding hydrogens is 218 g/mol. The maximum Gasteiger partial charge on any atom is 0.338 e. The van der Waals surface area contributed by atoms with Gasteiger partial charge in [0.15, 0.2) is 0 Å². The van der Waals surface area contributed by atoms with Gasteiger partial charge < -0.3 is 15.2 Å². The number of fused-ring (bicyclic) bond motifs is 1. The highest BCUT2D eigenvalue weighted by atomic mass is 16.6. The zero-order chi connectivity index (χ0) is 12.6. The summed E-state index contributed by atoms with van der Waals surface area (Å²) in [6.45, 7) is 6.14. The highest BCUT2D eigenvalue weighted by Crippen LogP contribution is 2.33. The van der Waals surface area contributed by atoms with Crippen molar-refractivity contribution >= 4 is 11.7 Å². The second-order valence-corrected chi connectivity index (χ2v) is 5.15. The van der Waals surface area contributed by atoms with Gasteiger partial charge in [-0.05, 0) is 32.9 Å². The van der Waals surface area contributed by atoms with E-state index in [4.69, 9.17) is 15.2 Å². The summed E-state index contributed by atoms with van der Waals surface area (Å²) in [5.41, 5.74) is 7.31. The summed E-state index contributed by atoms with van der Waals surface area (Å²) in [6.07, 6.45) is 0.788. The van der Waals surface area contributed by atoms with Crippen molar-refractivity contribution in [1.29, 1.82) is 0 Å². The summed E-state index contributed by atoms with van der Waals surface area (Å²) in [4.78, 5) is 11.9. The molecule has 1 aliphatic rings. The Morgan fingerprint density at radius 1 is 1.41 bits per heavy atom. The number of esters is 1. The zero-order valence-corrected chi connectivity index (χ0v) is 10.4. The molecule has 1 aromatic carbocycles. The number of rotatable bonds is 1. The standard InChI is InChI=1S/C13H17NO3/c1-13(2,3)17-12(15)9-6-8-4-5-16-11(8)10(14)7-9/h6-7H,4-5,14H2,1-3H3. The van der Waals surface area contributed by atoms with Gasteiger partial charge in [-0.3, -0.25) is 0 Å². The third kappa shape index (κ3) is 2.52. The Bertz CT molecular complexity index is 460. The molecule has 17 heavy (non-hydrogen) atoms. The maximum atomic E-state index is 11.9. The molecular formula is C13H17NO3. The number of hydrogen-bond acceptors (Lipinski definition) is 4. The van der Waals surface area contributed by atoms with Gasteiger partial charge in [-0.15, -0.1) is 0 Å². The number of carbonyl (C=O) groups excluding carboxylic acids is 1. The minimum Gasteiger partial charge on any atom is -0.491 e. The Kier molecular flexibility index (Phi) is 2.73. The van der Waals surface area contributed by atoms with Gasteiger partial charge in [0.05, 0.1) is 17.9 Å². The Hall–Kier alpha value is -1.71. The monoisotopic (exact) mass is 235 g/mol. The lowest BCUT2D eigenvalue weighted by molar-refractivity contribution is 0.00695. The second kappa shape index (κ2) is 3.95. The fourth-order valence-electron chi connectivity index (χ4n) is 1.79. The quantitative estimate of drug-likeness (QED) is 0.598. The molecule has 4 nitrogen and oxygen atoms in total. The number of anilines is 1. The Morgan fingerprint density at radius 3 is 2.76 bits per heavy atom. The van der Waals surface area contributed by atoms with E-state index >= 15 is 0 Å². The van der Waals surface area contributed by atoms with Gasteiger partial charge in [0.1, 0.15) is 11.4 Å². The Labute approximate surface area is 101 Å². The van der Waals surface area contributed by atoms with Crippen LogP contribution in [-0.2, 0) is 11.2 Å². The molecule has 0 fully saturated rings. The van der Waals surface area contributed by atoms with Crippen molar-refractivity contribution in [2.75, 3.05) is 12.3 Å². The molecule has 0 aliphatic carbocycles. The van der Waals surface area contributed by atoms with Crippen LogP contribution in [0.4, 0.5) is 5.69 Å². The number of benzene rings is 1. The number of nitrogen functional groups attached to an aromatic ring is 1. The normalized spacial score (nSPS) is 14.1. The van der Waals surface area contributed by atoms with Crippen LogP contribution in [0.15, 0.2) is 12.1 Å². The van der Waals surface area contributed by atoms with E-state index in [-0.39, 0.29) is 5.97 Å². The van der Waals surface area contributed by atoms with E-state index in [0.29, 0.717) is 23.6 Å². The van der Waals surface area contributed by atoms with Gasteiger partial charge in [0.2, 0.25) is 0 Å². The molecule has 92 valence electrons. The summed E-state index contributed by atoms with van der Waals surface area (Å²) in [6, 6.07) is 3.41. The third-order valence-electron chi connectivity index (χ3n) is 2.45. The minimum absolute atomic E-state index is 0.348. The molecule has 1 heterocycles. The largest absolute Gasteiger partial charge is 0.491 e. The van der Waals surface area contributed by atoms with Crippen LogP contribution < -0.4 is 10.5 Å². The van der Waals surface area contributed by atoms with Crippen LogP contribution in [0, 0.1) is 0 Å². The molecule has 1 aliphatic heterocycles. The van der Waals surface area contributed by atoms with Gasteiger partial charge in [-0.1, -0.05) is 0 Å². The lowest BCUT2D eigenvalue weighted by Crippen LogP contribution is -2.24. The first-order valence-corrected chi connectivity index (χ1v) is 5.65. The van der Waals surface area contributed by atoms with Crippen LogP contribution in [-0.4, -0.2) is 18.2 Å². The van der Waals surface area contributed by atoms with E-state index in [1.807, 2.05) is 20.8 Å². The lowest BCUT2D eigenvalue weighted by atomic mass is 10.1. The summed E-state index contributed by atoms with van der Waals surface area (Å²) in [5.74, 6) is 0.358. The molecule has 2 rings (SSSR count). The summed E-state index contributed by atoms with van der Waals surface area (Å²) in [5, 5.41) is 0. The molecule has 0 saturated carbocycles. The number of ether oxygens (including phenoxy) is 2. The third-order valence-corrected chi connectivity index (χ3v) is 2.45. The van der Waals surface area contributed by atoms with E-state index in [0.717, 1.165) is 12.0 Å². The Morgan fingerprint density at radius 2 is 2.12 bits per heavy atom. The van der Waals surface area contributed by atoms with Crippen LogP contribution >= 0.6 is 0 Å². The van der Waals surface area contributed by atoms with Gasteiger partial charge in [-0.25, -0.2) is 4.79 Å². The van der Waals surface area contributed by atoms with Gasteiger partial charge in [0.25, 0.3) is 0 Å². The highest BCUT2D eigenvalue weighted by molar-refractivity contribution is 5.92. The van der Waals surface area contributed by atoms with E-state index < -0.39 is 5.60 Å². The average Bonchev–Trinajstić information content (AvgIpc) is 2.63. The predicted octanol–water partition coefficient (Wildman–Crippen LogP) is 2.16. The summed E-state index contributed by atoms with van der Waals surface area (Å²) >= 11 is 0. The summed E-state index contributed by atoms with van der Waals surface area (Å²) < 4.78 is 10.7. The van der Waals surface area contributed by atoms with Crippen molar-refractivity contribution in [3.05, 3.63) is 23.3 Å². The van der Waals surface area contributed by atoms with Crippen molar-refractivity contribution in [2.45, 2.75) is 32.8 Å². The van der Waals surface area contributed by atoms with E-state index in [1.165, 1.54) is 0 Å². The van der Waals surface area contributed by atoms with Crippen LogP contribution in [0.2, 0.25) is 0 Å². The fraction of sp³-hybridized carbons (Fsp3) is 0.462. The molecule has 0 saturated heterocycles. The maximum absolute atomic E-state index is 11.9. The molecule has 1 aromatic rings. The lowest BCUT2D eigenvalue weighted by Gasteiger charge is -2.19. The van der Waals surface area contributed by atoms with E-state index in [9.17, 15) is 4.79 Å². The van der Waals surface area contributed by atoms with Crippen molar-refractivity contribution < 1.29 is 14.3 Å². The molecule has 0 radical (unpaired) electrons. The smallest absolute Gasteiger partial charge is 0.338 e. The molecule has 0 bridgehead atoms. The summed E-state index contributed by atoms with van der Waals surface area (Å²) in [7, 11) is 0. The van der Waals surface area contributed by atoms with Crippen molar-refractivity contribution in [3.63, 3.8) is 0 Å². The van der Waals surface area contributed by atoms with Crippen LogP contribution in [0.5, 0.6) is 5.75 Å². The van der Waals surface area contributed by atoms with Crippen LogP contribution in [0.25, 0.3) is 0 Å². The molecule has 0 spiro atoms. The van der Waals surface area contributed by atoms with Gasteiger partial charge in [-0.2, -0.15) is 0 Å². The van der Waals surface area contributed by atoms with Crippen LogP contribution in [0.1, 0.15) is 36.7 Å². The molecule has 2 N–H and O–H groups in total. The molecule has 0 atom stereocenters. The first-order valence-electron chi connectivity index (χ1n) is 5.65. The zero-order valence-electron chi connectivity index (χ0n) is 10.4. The molecule has 4 heteroatoms. The number of nitrogens with two attached hydrogens (primary N) is 1. The topological polar surface area (TPSA) is 61.5 Å². The van der Waals surface area contributed by atoms with E-state index in [2.05, 4.69) is 0 Å². The number of carbonyl (C=O) groups is 1. The molecule has 0 amide bonds. The van der Waals surface area contributed by atoms with Gasteiger partial charge >= 0.3 is 5.97 Å². The van der Waals surface area contributed by atoms with Crippen LogP contribution in [0.3, 0.4) is 0 Å². The second-order valence-electron chi connectivity index (χ2n) is 5.15. The average molecular weight is 235 g/mol. The first kappa shape index (κ1) is 11.8. The number of hydrogen-bond donors (Lipinski definition) is 1. The van der Waals surface area contributed by atoms with Crippen molar-refractivity contribution in [3.8, 4) is 5.75 Å². The predicted molar refractivity (Wildman–Crippen MR) is 65.2 cm³/mol. The molecule has 0 aromatic heterocycles. The first-order chi connectivity index (χ1) is 7.87. The van der Waals surface area contributed by atoms with E-state index in [1.54, 1.807) is 12.1 Å². The Balaban J connectivity index is 2.28. The van der Waals surface area contributed by atoms with Crippen molar-refractivity contribution in [1.82, 2.24) is 0 Å². The molecule has 0 unspecified atom stereocenters. The minimum atomic E-state index is -0.499. The fourth-order valence-corrected chi connectivity index (χ4v) is 1.79. The van der Waals surface area contributed by atoms with Gasteiger partial charge in [0, 0.05) is 12.0 Å². The van der Waals surface area contributed by atoms with Crippen molar-refractivity contribution in [2.24, 2.45) is 0 Å². The highest BCUT2D eigenvalue weighted by Gasteiger charge is 2.22. The SMILES string of the molecule is CC(C)(C)OC(=O)c1cc(N)c2c(c1)CCO2.